The number of halogens is 1. The molecular formula is C13H19BrN2. The molecule has 0 amide bonds. The minimum atomic E-state index is 0.691. The van der Waals surface area contributed by atoms with Crippen LogP contribution in [0.5, 0.6) is 0 Å². The monoisotopic (exact) mass is 282 g/mol. The number of rotatable bonds is 2. The molecule has 2 nitrogen and oxygen atoms in total. The average Bonchev–Trinajstić information content (AvgIpc) is 2.25. The third kappa shape index (κ3) is 2.77. The smallest absolute Gasteiger partial charge is 0.0371 e. The number of nitrogen functional groups attached to an aromatic ring is 1. The van der Waals surface area contributed by atoms with Crippen LogP contribution in [0.2, 0.25) is 0 Å². The molecule has 88 valence electrons. The lowest BCUT2D eigenvalue weighted by molar-refractivity contribution is 0.153. The molecule has 1 aliphatic rings. The zero-order valence-corrected chi connectivity index (χ0v) is 11.3. The Bertz CT molecular complexity index is 365. The Balaban J connectivity index is 2.07. The van der Waals surface area contributed by atoms with Crippen molar-refractivity contribution in [2.24, 2.45) is 0 Å². The van der Waals surface area contributed by atoms with E-state index in [1.54, 1.807) is 0 Å². The Hall–Kier alpha value is -0.540. The van der Waals surface area contributed by atoms with Gasteiger partial charge in [-0.05, 0) is 44.0 Å². The van der Waals surface area contributed by atoms with Crippen LogP contribution in [0.25, 0.3) is 0 Å². The van der Waals surface area contributed by atoms with E-state index in [0.717, 1.165) is 16.7 Å². The van der Waals surface area contributed by atoms with Gasteiger partial charge < -0.3 is 5.73 Å². The molecule has 16 heavy (non-hydrogen) atoms. The lowest BCUT2D eigenvalue weighted by atomic mass is 10.0. The van der Waals surface area contributed by atoms with Gasteiger partial charge in [0.2, 0.25) is 0 Å². The zero-order valence-electron chi connectivity index (χ0n) is 9.75. The molecule has 1 aromatic rings. The third-order valence-electron chi connectivity index (χ3n) is 3.42. The van der Waals surface area contributed by atoms with Gasteiger partial charge in [-0.25, -0.2) is 0 Å². The van der Waals surface area contributed by atoms with Crippen molar-refractivity contribution in [3.63, 3.8) is 0 Å². The molecule has 1 fully saturated rings. The minimum Gasteiger partial charge on any atom is -0.398 e. The summed E-state index contributed by atoms with van der Waals surface area (Å²) in [7, 11) is 0. The Morgan fingerprint density at radius 3 is 2.94 bits per heavy atom. The quantitative estimate of drug-likeness (QED) is 0.843. The fourth-order valence-electron chi connectivity index (χ4n) is 2.32. The molecule has 0 aromatic heterocycles. The normalized spacial score (nSPS) is 22.2. The predicted octanol–water partition coefficient (Wildman–Crippen LogP) is 3.41. The second kappa shape index (κ2) is 5.19. The van der Waals surface area contributed by atoms with Crippen molar-refractivity contribution in [3.05, 3.63) is 28.2 Å². The topological polar surface area (TPSA) is 29.3 Å². The van der Waals surface area contributed by atoms with Gasteiger partial charge in [0.05, 0.1) is 0 Å². The largest absolute Gasteiger partial charge is 0.398 e. The van der Waals surface area contributed by atoms with Crippen molar-refractivity contribution in [3.8, 4) is 0 Å². The molecule has 0 spiro atoms. The van der Waals surface area contributed by atoms with Crippen LogP contribution in [0, 0.1) is 0 Å². The van der Waals surface area contributed by atoms with E-state index in [2.05, 4.69) is 39.9 Å². The SMILES string of the molecule is CC1CCCCN1Cc1ccc(Br)cc1N. The molecule has 1 heterocycles. The third-order valence-corrected chi connectivity index (χ3v) is 3.92. The number of hydrogen-bond acceptors (Lipinski definition) is 2. The second-order valence-electron chi connectivity index (χ2n) is 4.66. The lowest BCUT2D eigenvalue weighted by Crippen LogP contribution is -2.36. The molecule has 1 unspecified atom stereocenters. The van der Waals surface area contributed by atoms with Crippen LogP contribution in [0.15, 0.2) is 22.7 Å². The fraction of sp³-hybridized carbons (Fsp3) is 0.538. The van der Waals surface area contributed by atoms with Crippen molar-refractivity contribution in [1.82, 2.24) is 4.90 Å². The van der Waals surface area contributed by atoms with Gasteiger partial charge in [-0.15, -0.1) is 0 Å². The molecule has 1 atom stereocenters. The summed E-state index contributed by atoms with van der Waals surface area (Å²) in [6.07, 6.45) is 4.00. The van der Waals surface area contributed by atoms with Crippen LogP contribution in [-0.4, -0.2) is 17.5 Å². The first kappa shape index (κ1) is 11.9. The summed E-state index contributed by atoms with van der Waals surface area (Å²) >= 11 is 3.44. The highest BCUT2D eigenvalue weighted by molar-refractivity contribution is 9.10. The molecule has 3 heteroatoms. The highest BCUT2D eigenvalue weighted by Crippen LogP contribution is 2.23. The van der Waals surface area contributed by atoms with E-state index in [0.29, 0.717) is 6.04 Å². The molecular weight excluding hydrogens is 264 g/mol. The lowest BCUT2D eigenvalue weighted by Gasteiger charge is -2.33. The van der Waals surface area contributed by atoms with Gasteiger partial charge in [-0.2, -0.15) is 0 Å². The Labute approximate surface area is 106 Å². The highest BCUT2D eigenvalue weighted by Gasteiger charge is 2.18. The molecule has 2 N–H and O–H groups in total. The van der Waals surface area contributed by atoms with Gasteiger partial charge in [-0.1, -0.05) is 28.4 Å². The van der Waals surface area contributed by atoms with Crippen molar-refractivity contribution in [2.75, 3.05) is 12.3 Å². The van der Waals surface area contributed by atoms with Gasteiger partial charge in [0.15, 0.2) is 0 Å². The Morgan fingerprint density at radius 2 is 2.25 bits per heavy atom. The maximum atomic E-state index is 6.03. The number of hydrogen-bond donors (Lipinski definition) is 1. The maximum Gasteiger partial charge on any atom is 0.0371 e. The zero-order chi connectivity index (χ0) is 11.5. The van der Waals surface area contributed by atoms with Crippen LogP contribution in [0.3, 0.4) is 0 Å². The Kier molecular flexibility index (Phi) is 3.87. The molecule has 1 saturated heterocycles. The number of anilines is 1. The molecule has 0 aliphatic carbocycles. The summed E-state index contributed by atoms with van der Waals surface area (Å²) in [6.45, 7) is 4.51. The number of nitrogens with zero attached hydrogens (tertiary/aromatic N) is 1. The first-order valence-electron chi connectivity index (χ1n) is 5.95. The van der Waals surface area contributed by atoms with Crippen molar-refractivity contribution >= 4 is 21.6 Å². The minimum absolute atomic E-state index is 0.691. The van der Waals surface area contributed by atoms with Gasteiger partial charge >= 0.3 is 0 Å². The average molecular weight is 283 g/mol. The summed E-state index contributed by atoms with van der Waals surface area (Å²) in [4.78, 5) is 2.53. The van der Waals surface area contributed by atoms with E-state index in [-0.39, 0.29) is 0 Å². The number of piperidine rings is 1. The number of benzene rings is 1. The van der Waals surface area contributed by atoms with E-state index in [1.165, 1.54) is 31.4 Å². The van der Waals surface area contributed by atoms with Gasteiger partial charge in [0.25, 0.3) is 0 Å². The van der Waals surface area contributed by atoms with Crippen LogP contribution >= 0.6 is 15.9 Å². The van der Waals surface area contributed by atoms with Crippen molar-refractivity contribution < 1.29 is 0 Å². The molecule has 1 aromatic carbocycles. The van der Waals surface area contributed by atoms with Gasteiger partial charge in [0, 0.05) is 22.7 Å². The summed E-state index contributed by atoms with van der Waals surface area (Å²) < 4.78 is 1.06. The Morgan fingerprint density at radius 1 is 1.44 bits per heavy atom. The first-order chi connectivity index (χ1) is 7.66. The molecule has 0 radical (unpaired) electrons. The molecule has 0 saturated carbocycles. The number of likely N-dealkylation sites (tertiary alicyclic amines) is 1. The highest BCUT2D eigenvalue weighted by atomic mass is 79.9. The summed E-state index contributed by atoms with van der Waals surface area (Å²) in [5.74, 6) is 0. The standard InChI is InChI=1S/C13H19BrN2/c1-10-4-2-3-7-16(10)9-11-5-6-12(14)8-13(11)15/h5-6,8,10H,2-4,7,9,15H2,1H3. The fourth-order valence-corrected chi connectivity index (χ4v) is 2.70. The van der Waals surface area contributed by atoms with E-state index < -0.39 is 0 Å². The van der Waals surface area contributed by atoms with Crippen molar-refractivity contribution in [2.45, 2.75) is 38.8 Å². The van der Waals surface area contributed by atoms with Gasteiger partial charge in [0.1, 0.15) is 0 Å². The van der Waals surface area contributed by atoms with Crippen LogP contribution < -0.4 is 5.73 Å². The van der Waals surface area contributed by atoms with E-state index >= 15 is 0 Å². The van der Waals surface area contributed by atoms with Crippen LogP contribution in [0.4, 0.5) is 5.69 Å². The van der Waals surface area contributed by atoms with Crippen LogP contribution in [-0.2, 0) is 6.54 Å². The summed E-state index contributed by atoms with van der Waals surface area (Å²) in [5, 5.41) is 0. The summed E-state index contributed by atoms with van der Waals surface area (Å²) in [5.41, 5.74) is 8.17. The number of nitrogens with two attached hydrogens (primary N) is 1. The van der Waals surface area contributed by atoms with E-state index in [1.807, 2.05) is 6.07 Å². The summed E-state index contributed by atoms with van der Waals surface area (Å²) in [6, 6.07) is 6.88. The molecule has 0 bridgehead atoms. The molecule has 1 aliphatic heterocycles. The first-order valence-corrected chi connectivity index (χ1v) is 6.74. The molecule has 2 rings (SSSR count). The van der Waals surface area contributed by atoms with E-state index in [4.69, 9.17) is 5.73 Å². The van der Waals surface area contributed by atoms with Crippen molar-refractivity contribution in [1.29, 1.82) is 0 Å². The van der Waals surface area contributed by atoms with Crippen LogP contribution in [0.1, 0.15) is 31.7 Å². The van der Waals surface area contributed by atoms with E-state index in [9.17, 15) is 0 Å². The van der Waals surface area contributed by atoms with Gasteiger partial charge in [-0.3, -0.25) is 4.90 Å². The second-order valence-corrected chi connectivity index (χ2v) is 5.57. The maximum absolute atomic E-state index is 6.03. The predicted molar refractivity (Wildman–Crippen MR) is 72.3 cm³/mol.